The van der Waals surface area contributed by atoms with E-state index in [-0.39, 0.29) is 24.0 Å². The van der Waals surface area contributed by atoms with Crippen LogP contribution in [0.15, 0.2) is 60.9 Å². The lowest BCUT2D eigenvalue weighted by Crippen LogP contribution is -2.32. The number of amides is 1. The van der Waals surface area contributed by atoms with Gasteiger partial charge in [0.15, 0.2) is 0 Å². The standard InChI is InChI=1S/C19H17F2N3O/c1-24-10-9-22-19(24)18(14-3-2-4-16(21)12-14)23-17(25)11-13-5-7-15(20)8-6-13/h2-10,12,18H,11H2,1H3,(H,23,25)/t18-/m0/s1. The van der Waals surface area contributed by atoms with Crippen molar-refractivity contribution in [3.63, 3.8) is 0 Å². The molecule has 0 fully saturated rings. The summed E-state index contributed by atoms with van der Waals surface area (Å²) in [5, 5.41) is 2.88. The van der Waals surface area contributed by atoms with Crippen molar-refractivity contribution in [1.82, 2.24) is 14.9 Å². The zero-order chi connectivity index (χ0) is 17.8. The molecule has 0 aliphatic rings. The zero-order valence-electron chi connectivity index (χ0n) is 13.6. The van der Waals surface area contributed by atoms with E-state index in [0.717, 1.165) is 0 Å². The number of halogens is 2. The van der Waals surface area contributed by atoms with Gasteiger partial charge in [-0.3, -0.25) is 4.79 Å². The van der Waals surface area contributed by atoms with E-state index in [2.05, 4.69) is 10.3 Å². The molecule has 0 aliphatic carbocycles. The van der Waals surface area contributed by atoms with E-state index in [9.17, 15) is 13.6 Å². The van der Waals surface area contributed by atoms with Crippen molar-refractivity contribution in [3.8, 4) is 0 Å². The van der Waals surface area contributed by atoms with Crippen LogP contribution in [-0.4, -0.2) is 15.5 Å². The predicted octanol–water partition coefficient (Wildman–Crippen LogP) is 3.15. The molecule has 128 valence electrons. The first-order chi connectivity index (χ1) is 12.0. The van der Waals surface area contributed by atoms with Gasteiger partial charge in [-0.1, -0.05) is 24.3 Å². The Balaban J connectivity index is 1.83. The van der Waals surface area contributed by atoms with E-state index in [1.807, 2.05) is 0 Å². The van der Waals surface area contributed by atoms with Gasteiger partial charge in [-0.2, -0.15) is 0 Å². The number of carbonyl (C=O) groups is 1. The van der Waals surface area contributed by atoms with Crippen molar-refractivity contribution in [1.29, 1.82) is 0 Å². The van der Waals surface area contributed by atoms with Crippen LogP contribution < -0.4 is 5.32 Å². The molecule has 0 spiro atoms. The summed E-state index contributed by atoms with van der Waals surface area (Å²) in [5.74, 6) is -0.402. The molecule has 6 heteroatoms. The molecule has 0 bridgehead atoms. The van der Waals surface area contributed by atoms with Crippen LogP contribution in [0.25, 0.3) is 0 Å². The summed E-state index contributed by atoms with van der Waals surface area (Å²) in [6, 6.07) is 11.2. The minimum absolute atomic E-state index is 0.0938. The zero-order valence-corrected chi connectivity index (χ0v) is 13.6. The minimum Gasteiger partial charge on any atom is -0.342 e. The second-order valence-corrected chi connectivity index (χ2v) is 5.76. The Labute approximate surface area is 144 Å². The molecule has 0 saturated carbocycles. The Morgan fingerprint density at radius 3 is 2.56 bits per heavy atom. The summed E-state index contributed by atoms with van der Waals surface area (Å²) in [5.41, 5.74) is 1.29. The Kier molecular flexibility index (Phi) is 4.88. The van der Waals surface area contributed by atoms with Crippen LogP contribution in [0.3, 0.4) is 0 Å². The van der Waals surface area contributed by atoms with Crippen LogP contribution >= 0.6 is 0 Å². The van der Waals surface area contributed by atoms with Gasteiger partial charge in [0.05, 0.1) is 6.42 Å². The highest BCUT2D eigenvalue weighted by molar-refractivity contribution is 5.79. The van der Waals surface area contributed by atoms with Gasteiger partial charge in [0.25, 0.3) is 0 Å². The number of aromatic nitrogens is 2. The average molecular weight is 341 g/mol. The Morgan fingerprint density at radius 2 is 1.92 bits per heavy atom. The highest BCUT2D eigenvalue weighted by Gasteiger charge is 2.21. The number of nitrogens with one attached hydrogen (secondary N) is 1. The molecular formula is C19H17F2N3O. The first-order valence-corrected chi connectivity index (χ1v) is 7.79. The van der Waals surface area contributed by atoms with Crippen molar-refractivity contribution >= 4 is 5.91 Å². The monoisotopic (exact) mass is 341 g/mol. The number of benzene rings is 2. The fourth-order valence-corrected chi connectivity index (χ4v) is 2.64. The van der Waals surface area contributed by atoms with Gasteiger partial charge in [-0.15, -0.1) is 0 Å². The quantitative estimate of drug-likeness (QED) is 0.775. The molecular weight excluding hydrogens is 324 g/mol. The maximum Gasteiger partial charge on any atom is 0.225 e. The fraction of sp³-hybridized carbons (Fsp3) is 0.158. The van der Waals surface area contributed by atoms with Crippen molar-refractivity contribution in [2.75, 3.05) is 0 Å². The topological polar surface area (TPSA) is 46.9 Å². The van der Waals surface area contributed by atoms with Crippen molar-refractivity contribution in [2.24, 2.45) is 7.05 Å². The second kappa shape index (κ2) is 7.25. The summed E-state index contributed by atoms with van der Waals surface area (Å²) in [6.45, 7) is 0. The van der Waals surface area contributed by atoms with Gasteiger partial charge < -0.3 is 9.88 Å². The third-order valence-electron chi connectivity index (χ3n) is 3.88. The molecule has 0 saturated heterocycles. The number of hydrogen-bond donors (Lipinski definition) is 1. The summed E-state index contributed by atoms with van der Waals surface area (Å²) in [4.78, 5) is 16.7. The SMILES string of the molecule is Cn1ccnc1[C@@H](NC(=O)Cc1ccc(F)cc1)c1cccc(F)c1. The maximum absolute atomic E-state index is 13.6. The average Bonchev–Trinajstić information content (AvgIpc) is 3.00. The lowest BCUT2D eigenvalue weighted by Gasteiger charge is -2.19. The van der Waals surface area contributed by atoms with Crippen LogP contribution in [0.1, 0.15) is 23.0 Å². The molecule has 1 amide bonds. The van der Waals surface area contributed by atoms with Crippen LogP contribution in [0.2, 0.25) is 0 Å². The van der Waals surface area contributed by atoms with E-state index in [1.165, 1.54) is 24.3 Å². The largest absolute Gasteiger partial charge is 0.342 e. The Morgan fingerprint density at radius 1 is 1.16 bits per heavy atom. The summed E-state index contributed by atoms with van der Waals surface area (Å²) in [6.07, 6.45) is 3.47. The normalized spacial score (nSPS) is 12.0. The summed E-state index contributed by atoms with van der Waals surface area (Å²) in [7, 11) is 1.81. The lowest BCUT2D eigenvalue weighted by atomic mass is 10.0. The van der Waals surface area contributed by atoms with Crippen molar-refractivity contribution in [3.05, 3.63) is 89.5 Å². The van der Waals surface area contributed by atoms with Gasteiger partial charge in [-0.25, -0.2) is 13.8 Å². The van der Waals surface area contributed by atoms with Gasteiger partial charge >= 0.3 is 0 Å². The van der Waals surface area contributed by atoms with Gasteiger partial charge in [0, 0.05) is 19.4 Å². The summed E-state index contributed by atoms with van der Waals surface area (Å²) >= 11 is 0. The van der Waals surface area contributed by atoms with E-state index in [1.54, 1.807) is 48.3 Å². The van der Waals surface area contributed by atoms with E-state index < -0.39 is 6.04 Å². The van der Waals surface area contributed by atoms with Crippen molar-refractivity contribution < 1.29 is 13.6 Å². The number of rotatable bonds is 5. The van der Waals surface area contributed by atoms with Gasteiger partial charge in [0.1, 0.15) is 23.5 Å². The first-order valence-electron chi connectivity index (χ1n) is 7.79. The molecule has 1 atom stereocenters. The number of nitrogens with zero attached hydrogens (tertiary/aromatic N) is 2. The molecule has 0 unspecified atom stereocenters. The predicted molar refractivity (Wildman–Crippen MR) is 89.7 cm³/mol. The Bertz CT molecular complexity index is 874. The molecule has 3 aromatic rings. The van der Waals surface area contributed by atoms with Gasteiger partial charge in [-0.05, 0) is 35.4 Å². The molecule has 1 aromatic heterocycles. The van der Waals surface area contributed by atoms with Crippen LogP contribution in [0, 0.1) is 11.6 Å². The van der Waals surface area contributed by atoms with Crippen molar-refractivity contribution in [2.45, 2.75) is 12.5 Å². The minimum atomic E-state index is -0.580. The summed E-state index contributed by atoms with van der Waals surface area (Å²) < 4.78 is 28.4. The number of hydrogen-bond acceptors (Lipinski definition) is 2. The molecule has 1 heterocycles. The Hall–Kier alpha value is -3.02. The lowest BCUT2D eigenvalue weighted by molar-refractivity contribution is -0.121. The molecule has 0 radical (unpaired) electrons. The van der Waals surface area contributed by atoms with E-state index in [4.69, 9.17) is 0 Å². The van der Waals surface area contributed by atoms with Crippen LogP contribution in [0.5, 0.6) is 0 Å². The number of imidazole rings is 1. The molecule has 4 nitrogen and oxygen atoms in total. The molecule has 25 heavy (non-hydrogen) atoms. The molecule has 3 rings (SSSR count). The highest BCUT2D eigenvalue weighted by atomic mass is 19.1. The smallest absolute Gasteiger partial charge is 0.225 e. The number of aryl methyl sites for hydroxylation is 1. The molecule has 1 N–H and O–H groups in total. The van der Waals surface area contributed by atoms with E-state index in [0.29, 0.717) is 17.0 Å². The third-order valence-corrected chi connectivity index (χ3v) is 3.88. The first kappa shape index (κ1) is 16.8. The fourth-order valence-electron chi connectivity index (χ4n) is 2.64. The number of carbonyl (C=O) groups excluding carboxylic acids is 1. The van der Waals surface area contributed by atoms with Crippen LogP contribution in [0.4, 0.5) is 8.78 Å². The molecule has 0 aliphatic heterocycles. The highest BCUT2D eigenvalue weighted by Crippen LogP contribution is 2.21. The second-order valence-electron chi connectivity index (χ2n) is 5.76. The van der Waals surface area contributed by atoms with Gasteiger partial charge in [0.2, 0.25) is 5.91 Å². The molecule has 2 aromatic carbocycles. The third kappa shape index (κ3) is 4.09. The van der Waals surface area contributed by atoms with Crippen LogP contribution in [-0.2, 0) is 18.3 Å². The maximum atomic E-state index is 13.6. The van der Waals surface area contributed by atoms with E-state index >= 15 is 0 Å².